The highest BCUT2D eigenvalue weighted by Crippen LogP contribution is 2.20. The van der Waals surface area contributed by atoms with Gasteiger partial charge in [0.15, 0.2) is 4.73 Å². The molecule has 0 saturated heterocycles. The lowest BCUT2D eigenvalue weighted by molar-refractivity contribution is 0.0940. The number of hydrogen-bond acceptors (Lipinski definition) is 6. The topological polar surface area (TPSA) is 112 Å². The number of amides is 1. The van der Waals surface area contributed by atoms with Crippen LogP contribution in [0.2, 0.25) is 5.02 Å². The smallest absolute Gasteiger partial charge is 0.291 e. The van der Waals surface area contributed by atoms with Crippen LogP contribution in [0.15, 0.2) is 41.3 Å². The van der Waals surface area contributed by atoms with Crippen LogP contribution in [0, 0.1) is 13.8 Å². The third kappa shape index (κ3) is 4.67. The van der Waals surface area contributed by atoms with Crippen LogP contribution in [-0.4, -0.2) is 30.6 Å². The molecule has 4 aromatic rings. The molecule has 0 spiro atoms. The van der Waals surface area contributed by atoms with Crippen LogP contribution in [0.3, 0.4) is 0 Å². The number of halogens is 2. The predicted octanol–water partition coefficient (Wildman–Crippen LogP) is 3.81. The molecule has 1 aromatic carbocycles. The Kier molecular flexibility index (Phi) is 5.88. The van der Waals surface area contributed by atoms with Crippen molar-refractivity contribution in [1.29, 1.82) is 0 Å². The Morgan fingerprint density at radius 3 is 2.81 bits per heavy atom. The van der Waals surface area contributed by atoms with Gasteiger partial charge >= 0.3 is 0 Å². The fraction of sp³-hybridized carbons (Fsp3) is 0.190. The van der Waals surface area contributed by atoms with Gasteiger partial charge in [-0.25, -0.2) is 9.67 Å². The predicted molar refractivity (Wildman–Crippen MR) is 123 cm³/mol. The number of aromatic nitrogens is 5. The van der Waals surface area contributed by atoms with Crippen molar-refractivity contribution in [3.63, 3.8) is 0 Å². The molecule has 1 amide bonds. The first-order chi connectivity index (χ1) is 14.8. The molecule has 10 heteroatoms. The van der Waals surface area contributed by atoms with Gasteiger partial charge in [0.2, 0.25) is 5.82 Å². The summed E-state index contributed by atoms with van der Waals surface area (Å²) in [5.74, 6) is 0.168. The summed E-state index contributed by atoms with van der Waals surface area (Å²) in [5.41, 5.74) is 10.3. The van der Waals surface area contributed by atoms with E-state index in [0.717, 1.165) is 33.3 Å². The van der Waals surface area contributed by atoms with Gasteiger partial charge < -0.3 is 11.1 Å². The quantitative estimate of drug-likeness (QED) is 0.431. The number of rotatable bonds is 5. The second-order valence-electron chi connectivity index (χ2n) is 7.15. The second-order valence-corrected chi connectivity index (χ2v) is 8.30. The molecule has 158 valence electrons. The van der Waals surface area contributed by atoms with E-state index in [9.17, 15) is 4.79 Å². The van der Waals surface area contributed by atoms with Gasteiger partial charge in [0.1, 0.15) is 5.82 Å². The average molecular weight is 501 g/mol. The Labute approximate surface area is 192 Å². The number of aryl methyl sites for hydroxylation is 2. The highest BCUT2D eigenvalue weighted by atomic mass is 79.9. The summed E-state index contributed by atoms with van der Waals surface area (Å²) in [6.45, 7) is 4.54. The average Bonchev–Trinajstić information content (AvgIpc) is 3.07. The van der Waals surface area contributed by atoms with Gasteiger partial charge in [-0.15, -0.1) is 5.10 Å². The maximum atomic E-state index is 12.6. The molecule has 0 aliphatic rings. The maximum Gasteiger partial charge on any atom is 0.291 e. The van der Waals surface area contributed by atoms with Crippen molar-refractivity contribution in [2.24, 2.45) is 0 Å². The minimum atomic E-state index is -0.371. The molecule has 0 unspecified atom stereocenters. The van der Waals surface area contributed by atoms with Gasteiger partial charge in [0, 0.05) is 23.8 Å². The van der Waals surface area contributed by atoms with Crippen molar-refractivity contribution in [1.82, 2.24) is 30.0 Å². The minimum absolute atomic E-state index is 0.0797. The first-order valence-corrected chi connectivity index (χ1v) is 10.6. The molecular formula is C21H19BrClN7O. The standard InChI is InChI=1S/C21H19BrClN7O/c1-11-5-18(24)27-12(2)16(11)9-26-20(31)19-28-21(22)30(29-19)10-13-3-4-17-14(6-13)7-15(23)8-25-17/h3-8H,9-10H2,1-2H3,(H2,24,27)(H,26,31). The molecule has 0 fully saturated rings. The number of nitrogen functional groups attached to an aromatic ring is 1. The molecule has 4 rings (SSSR count). The zero-order valence-corrected chi connectivity index (χ0v) is 19.2. The van der Waals surface area contributed by atoms with Gasteiger partial charge in [0.05, 0.1) is 17.1 Å². The van der Waals surface area contributed by atoms with Crippen LogP contribution in [-0.2, 0) is 13.1 Å². The lowest BCUT2D eigenvalue weighted by Crippen LogP contribution is -2.25. The van der Waals surface area contributed by atoms with E-state index >= 15 is 0 Å². The fourth-order valence-electron chi connectivity index (χ4n) is 3.35. The van der Waals surface area contributed by atoms with Gasteiger partial charge in [-0.1, -0.05) is 17.7 Å². The van der Waals surface area contributed by atoms with Crippen LogP contribution in [0.1, 0.15) is 33.0 Å². The summed E-state index contributed by atoms with van der Waals surface area (Å²) in [4.78, 5) is 25.4. The summed E-state index contributed by atoms with van der Waals surface area (Å²) in [6, 6.07) is 9.51. The molecule has 3 N–H and O–H groups in total. The summed E-state index contributed by atoms with van der Waals surface area (Å²) in [6.07, 6.45) is 1.62. The first-order valence-electron chi connectivity index (χ1n) is 9.45. The fourth-order valence-corrected chi connectivity index (χ4v) is 3.89. The largest absolute Gasteiger partial charge is 0.384 e. The van der Waals surface area contributed by atoms with E-state index in [1.165, 1.54) is 0 Å². The van der Waals surface area contributed by atoms with Crippen LogP contribution < -0.4 is 11.1 Å². The van der Waals surface area contributed by atoms with Gasteiger partial charge in [-0.3, -0.25) is 9.78 Å². The lowest BCUT2D eigenvalue weighted by atomic mass is 10.1. The molecule has 8 nitrogen and oxygen atoms in total. The number of anilines is 1. The summed E-state index contributed by atoms with van der Waals surface area (Å²) >= 11 is 9.43. The van der Waals surface area contributed by atoms with E-state index in [1.54, 1.807) is 16.9 Å². The van der Waals surface area contributed by atoms with Crippen LogP contribution in [0.5, 0.6) is 0 Å². The van der Waals surface area contributed by atoms with Crippen LogP contribution in [0.4, 0.5) is 5.82 Å². The molecule has 0 atom stereocenters. The number of benzene rings is 1. The molecule has 0 saturated carbocycles. The number of carbonyl (C=O) groups excluding carboxylic acids is 1. The van der Waals surface area contributed by atoms with E-state index < -0.39 is 0 Å². The number of pyridine rings is 2. The normalized spacial score (nSPS) is 11.1. The summed E-state index contributed by atoms with van der Waals surface area (Å²) in [7, 11) is 0. The number of nitrogens with two attached hydrogens (primary N) is 1. The molecule has 0 aliphatic carbocycles. The second kappa shape index (κ2) is 8.60. The van der Waals surface area contributed by atoms with E-state index in [0.29, 0.717) is 28.7 Å². The van der Waals surface area contributed by atoms with E-state index in [2.05, 4.69) is 41.3 Å². The number of nitrogens with zero attached hydrogens (tertiary/aromatic N) is 5. The maximum absolute atomic E-state index is 12.6. The van der Waals surface area contributed by atoms with Gasteiger partial charge in [0.25, 0.3) is 5.91 Å². The molecule has 3 heterocycles. The monoisotopic (exact) mass is 499 g/mol. The molecule has 31 heavy (non-hydrogen) atoms. The SMILES string of the molecule is Cc1cc(N)nc(C)c1CNC(=O)c1nc(Br)n(Cc2ccc3ncc(Cl)cc3c2)n1. The summed E-state index contributed by atoms with van der Waals surface area (Å²) in [5, 5.41) is 8.70. The van der Waals surface area contributed by atoms with Crippen LogP contribution >= 0.6 is 27.5 Å². The van der Waals surface area contributed by atoms with Crippen molar-refractivity contribution in [3.05, 3.63) is 74.5 Å². The first kappa shape index (κ1) is 21.2. The highest BCUT2D eigenvalue weighted by Gasteiger charge is 2.16. The third-order valence-electron chi connectivity index (χ3n) is 4.87. The van der Waals surface area contributed by atoms with Gasteiger partial charge in [-0.2, -0.15) is 4.98 Å². The Hall–Kier alpha value is -3.04. The van der Waals surface area contributed by atoms with Crippen molar-refractivity contribution in [3.8, 4) is 0 Å². The van der Waals surface area contributed by atoms with Crippen molar-refractivity contribution < 1.29 is 4.79 Å². The molecule has 0 bridgehead atoms. The number of carbonyl (C=O) groups is 1. The Bertz CT molecular complexity index is 1280. The van der Waals surface area contributed by atoms with Gasteiger partial charge in [-0.05, 0) is 70.7 Å². The number of hydrogen-bond donors (Lipinski definition) is 2. The van der Waals surface area contributed by atoms with E-state index in [-0.39, 0.29) is 11.7 Å². The van der Waals surface area contributed by atoms with Crippen LogP contribution in [0.25, 0.3) is 10.9 Å². The van der Waals surface area contributed by atoms with Crippen molar-refractivity contribution in [2.75, 3.05) is 5.73 Å². The Morgan fingerprint density at radius 2 is 2.03 bits per heavy atom. The molecule has 3 aromatic heterocycles. The number of nitrogens with one attached hydrogen (secondary N) is 1. The molecule has 0 radical (unpaired) electrons. The van der Waals surface area contributed by atoms with Crippen molar-refractivity contribution >= 4 is 50.2 Å². The van der Waals surface area contributed by atoms with E-state index in [4.69, 9.17) is 17.3 Å². The molecule has 0 aliphatic heterocycles. The third-order valence-corrected chi connectivity index (χ3v) is 5.67. The zero-order chi connectivity index (χ0) is 22.1. The highest BCUT2D eigenvalue weighted by molar-refractivity contribution is 9.10. The lowest BCUT2D eigenvalue weighted by Gasteiger charge is -2.10. The number of fused-ring (bicyclic) bond motifs is 1. The minimum Gasteiger partial charge on any atom is -0.384 e. The Morgan fingerprint density at radius 1 is 1.23 bits per heavy atom. The molecular weight excluding hydrogens is 482 g/mol. The Balaban J connectivity index is 1.49. The van der Waals surface area contributed by atoms with E-state index in [1.807, 2.05) is 38.1 Å². The zero-order valence-electron chi connectivity index (χ0n) is 16.9. The summed E-state index contributed by atoms with van der Waals surface area (Å²) < 4.78 is 2.08. The van der Waals surface area contributed by atoms with Crippen molar-refractivity contribution in [2.45, 2.75) is 26.9 Å².